The van der Waals surface area contributed by atoms with Crippen LogP contribution in [0.4, 0.5) is 20.2 Å². The summed E-state index contributed by atoms with van der Waals surface area (Å²) in [4.78, 5) is 2.00. The van der Waals surface area contributed by atoms with Gasteiger partial charge in [-0.05, 0) is 37.3 Å². The van der Waals surface area contributed by atoms with E-state index in [-0.39, 0.29) is 6.04 Å². The van der Waals surface area contributed by atoms with Gasteiger partial charge in [-0.3, -0.25) is 0 Å². The standard InChI is InChI=1S/C16H18F2N2/c1-11(14-5-4-6-15(17)16(14)18)19-12-7-9-13(10-8-12)20(2)3/h4-11,19H,1-3H3. The maximum atomic E-state index is 13.7. The van der Waals surface area contributed by atoms with Crippen LogP contribution in [-0.2, 0) is 0 Å². The van der Waals surface area contributed by atoms with Gasteiger partial charge in [-0.2, -0.15) is 0 Å². The Kier molecular flexibility index (Phi) is 4.23. The van der Waals surface area contributed by atoms with E-state index in [1.807, 2.05) is 43.3 Å². The van der Waals surface area contributed by atoms with Crippen molar-refractivity contribution in [3.8, 4) is 0 Å². The van der Waals surface area contributed by atoms with E-state index in [2.05, 4.69) is 5.32 Å². The lowest BCUT2D eigenvalue weighted by molar-refractivity contribution is 0.494. The second-order valence-electron chi connectivity index (χ2n) is 4.95. The molecule has 0 bridgehead atoms. The van der Waals surface area contributed by atoms with Crippen molar-refractivity contribution in [2.45, 2.75) is 13.0 Å². The van der Waals surface area contributed by atoms with Gasteiger partial charge in [0, 0.05) is 31.0 Å². The maximum Gasteiger partial charge on any atom is 0.164 e. The number of anilines is 2. The van der Waals surface area contributed by atoms with Gasteiger partial charge in [-0.25, -0.2) is 8.78 Å². The van der Waals surface area contributed by atoms with Gasteiger partial charge in [0.2, 0.25) is 0 Å². The number of hydrogen-bond donors (Lipinski definition) is 1. The van der Waals surface area contributed by atoms with Gasteiger partial charge in [0.15, 0.2) is 11.6 Å². The average molecular weight is 276 g/mol. The molecule has 0 aromatic heterocycles. The number of halogens is 2. The molecule has 20 heavy (non-hydrogen) atoms. The van der Waals surface area contributed by atoms with E-state index in [4.69, 9.17) is 0 Å². The molecule has 0 saturated heterocycles. The first kappa shape index (κ1) is 14.3. The van der Waals surface area contributed by atoms with Crippen molar-refractivity contribution in [2.75, 3.05) is 24.3 Å². The third-order valence-electron chi connectivity index (χ3n) is 3.21. The molecule has 0 aliphatic rings. The Labute approximate surface area is 118 Å². The lowest BCUT2D eigenvalue weighted by Crippen LogP contribution is -2.11. The van der Waals surface area contributed by atoms with E-state index < -0.39 is 11.6 Å². The van der Waals surface area contributed by atoms with E-state index in [0.717, 1.165) is 17.4 Å². The van der Waals surface area contributed by atoms with Crippen molar-refractivity contribution in [3.05, 3.63) is 59.7 Å². The minimum Gasteiger partial charge on any atom is -0.378 e. The molecule has 2 aromatic rings. The van der Waals surface area contributed by atoms with Crippen LogP contribution in [0.1, 0.15) is 18.5 Å². The summed E-state index contributed by atoms with van der Waals surface area (Å²) >= 11 is 0. The Morgan fingerprint density at radius 1 is 1.00 bits per heavy atom. The predicted octanol–water partition coefficient (Wildman–Crippen LogP) is 4.20. The monoisotopic (exact) mass is 276 g/mol. The van der Waals surface area contributed by atoms with Crippen LogP contribution in [0.2, 0.25) is 0 Å². The number of nitrogens with one attached hydrogen (secondary N) is 1. The summed E-state index contributed by atoms with van der Waals surface area (Å²) in [7, 11) is 3.93. The topological polar surface area (TPSA) is 15.3 Å². The zero-order valence-electron chi connectivity index (χ0n) is 11.8. The molecule has 2 nitrogen and oxygen atoms in total. The van der Waals surface area contributed by atoms with Gasteiger partial charge < -0.3 is 10.2 Å². The largest absolute Gasteiger partial charge is 0.378 e. The Bertz CT molecular complexity index is 580. The SMILES string of the molecule is CC(Nc1ccc(N(C)C)cc1)c1cccc(F)c1F. The van der Waals surface area contributed by atoms with Crippen molar-refractivity contribution in [1.82, 2.24) is 0 Å². The molecule has 1 N–H and O–H groups in total. The first-order valence-electron chi connectivity index (χ1n) is 6.47. The Balaban J connectivity index is 2.15. The van der Waals surface area contributed by atoms with Crippen LogP contribution in [0.15, 0.2) is 42.5 Å². The smallest absolute Gasteiger partial charge is 0.164 e. The van der Waals surface area contributed by atoms with Crippen LogP contribution in [0, 0.1) is 11.6 Å². The van der Waals surface area contributed by atoms with Crippen molar-refractivity contribution < 1.29 is 8.78 Å². The number of benzene rings is 2. The highest BCUT2D eigenvalue weighted by Crippen LogP contribution is 2.24. The van der Waals surface area contributed by atoms with E-state index in [1.165, 1.54) is 6.07 Å². The van der Waals surface area contributed by atoms with Crippen LogP contribution in [0.3, 0.4) is 0 Å². The summed E-state index contributed by atoms with van der Waals surface area (Å²) in [5, 5.41) is 3.17. The zero-order valence-corrected chi connectivity index (χ0v) is 11.8. The molecule has 1 unspecified atom stereocenters. The lowest BCUT2D eigenvalue weighted by Gasteiger charge is -2.18. The number of hydrogen-bond acceptors (Lipinski definition) is 2. The van der Waals surface area contributed by atoms with E-state index in [0.29, 0.717) is 5.56 Å². The van der Waals surface area contributed by atoms with E-state index in [9.17, 15) is 8.78 Å². The van der Waals surface area contributed by atoms with Gasteiger partial charge in [-0.1, -0.05) is 12.1 Å². The van der Waals surface area contributed by atoms with Crippen molar-refractivity contribution in [1.29, 1.82) is 0 Å². The minimum atomic E-state index is -0.820. The summed E-state index contributed by atoms with van der Waals surface area (Å²) < 4.78 is 26.9. The second-order valence-corrected chi connectivity index (χ2v) is 4.95. The molecule has 0 heterocycles. The molecule has 0 aliphatic heterocycles. The molecule has 106 valence electrons. The molecule has 2 rings (SSSR count). The van der Waals surface area contributed by atoms with Gasteiger partial charge >= 0.3 is 0 Å². The quantitative estimate of drug-likeness (QED) is 0.900. The average Bonchev–Trinajstić information content (AvgIpc) is 2.42. The van der Waals surface area contributed by atoms with Crippen LogP contribution in [0.25, 0.3) is 0 Å². The number of rotatable bonds is 4. The highest BCUT2D eigenvalue weighted by Gasteiger charge is 2.13. The predicted molar refractivity (Wildman–Crippen MR) is 79.2 cm³/mol. The third-order valence-corrected chi connectivity index (χ3v) is 3.21. The lowest BCUT2D eigenvalue weighted by atomic mass is 10.1. The first-order chi connectivity index (χ1) is 9.49. The third kappa shape index (κ3) is 3.07. The highest BCUT2D eigenvalue weighted by molar-refractivity contribution is 5.55. The van der Waals surface area contributed by atoms with E-state index >= 15 is 0 Å². The Hall–Kier alpha value is -2.10. The Morgan fingerprint density at radius 2 is 1.65 bits per heavy atom. The van der Waals surface area contributed by atoms with Crippen LogP contribution < -0.4 is 10.2 Å². The molecule has 0 radical (unpaired) electrons. The molecule has 4 heteroatoms. The summed E-state index contributed by atoms with van der Waals surface area (Å²) in [6.45, 7) is 1.80. The molecule has 2 aromatic carbocycles. The van der Waals surface area contributed by atoms with E-state index in [1.54, 1.807) is 13.0 Å². The number of nitrogens with zero attached hydrogens (tertiary/aromatic N) is 1. The summed E-state index contributed by atoms with van der Waals surface area (Å²) in [6, 6.07) is 11.7. The van der Waals surface area contributed by atoms with Gasteiger partial charge in [0.25, 0.3) is 0 Å². The van der Waals surface area contributed by atoms with Gasteiger partial charge in [0.1, 0.15) is 0 Å². The van der Waals surface area contributed by atoms with Crippen LogP contribution in [-0.4, -0.2) is 14.1 Å². The minimum absolute atomic E-state index is 0.309. The zero-order chi connectivity index (χ0) is 14.7. The second kappa shape index (κ2) is 5.90. The maximum absolute atomic E-state index is 13.7. The van der Waals surface area contributed by atoms with Gasteiger partial charge in [0.05, 0.1) is 6.04 Å². The van der Waals surface area contributed by atoms with Crippen molar-refractivity contribution in [3.63, 3.8) is 0 Å². The first-order valence-corrected chi connectivity index (χ1v) is 6.47. The summed E-state index contributed by atoms with van der Waals surface area (Å²) in [5.74, 6) is -1.61. The summed E-state index contributed by atoms with van der Waals surface area (Å²) in [5.41, 5.74) is 2.27. The molecule has 1 atom stereocenters. The molecule has 0 amide bonds. The molecule has 0 saturated carbocycles. The molecule has 0 fully saturated rings. The van der Waals surface area contributed by atoms with Gasteiger partial charge in [-0.15, -0.1) is 0 Å². The van der Waals surface area contributed by atoms with Crippen molar-refractivity contribution in [2.24, 2.45) is 0 Å². The fraction of sp³-hybridized carbons (Fsp3) is 0.250. The normalized spacial score (nSPS) is 12.1. The van der Waals surface area contributed by atoms with Crippen LogP contribution in [0.5, 0.6) is 0 Å². The molecular formula is C16H18F2N2. The van der Waals surface area contributed by atoms with Crippen LogP contribution >= 0.6 is 0 Å². The summed E-state index contributed by atoms with van der Waals surface area (Å²) in [6.07, 6.45) is 0. The fourth-order valence-corrected chi connectivity index (χ4v) is 2.04. The fourth-order valence-electron chi connectivity index (χ4n) is 2.04. The highest BCUT2D eigenvalue weighted by atomic mass is 19.2. The van der Waals surface area contributed by atoms with Crippen molar-refractivity contribution >= 4 is 11.4 Å². The Morgan fingerprint density at radius 3 is 2.25 bits per heavy atom. The molecule has 0 aliphatic carbocycles. The molecular weight excluding hydrogens is 258 g/mol. The molecule has 0 spiro atoms.